The van der Waals surface area contributed by atoms with Crippen LogP contribution in [0.2, 0.25) is 0 Å². The zero-order valence-electron chi connectivity index (χ0n) is 22.5. The van der Waals surface area contributed by atoms with E-state index >= 15 is 0 Å². The maximum atomic E-state index is 4.62. The van der Waals surface area contributed by atoms with Crippen LogP contribution < -0.4 is 0 Å². The number of fused-ring (bicyclic) bond motifs is 6. The lowest BCUT2D eigenvalue weighted by atomic mass is 9.81. The first-order valence-corrected chi connectivity index (χ1v) is 14.6. The summed E-state index contributed by atoms with van der Waals surface area (Å²) in [5.74, 6) is 0. The number of nitrogens with zero attached hydrogens (tertiary/aromatic N) is 1. The summed E-state index contributed by atoms with van der Waals surface area (Å²) in [6.07, 6.45) is 3.97. The molecule has 0 fully saturated rings. The molecule has 2 heteroatoms. The first-order chi connectivity index (χ1) is 19.6. The normalized spacial score (nSPS) is 13.6. The fourth-order valence-electron chi connectivity index (χ4n) is 6.61. The number of benzene rings is 6. The van der Waals surface area contributed by atoms with Crippen molar-refractivity contribution < 1.29 is 0 Å². The van der Waals surface area contributed by atoms with E-state index in [4.69, 9.17) is 0 Å². The molecule has 0 amide bonds. The van der Waals surface area contributed by atoms with Gasteiger partial charge in [0, 0.05) is 33.0 Å². The van der Waals surface area contributed by atoms with E-state index in [9.17, 15) is 0 Å². The van der Waals surface area contributed by atoms with E-state index in [-0.39, 0.29) is 5.41 Å². The first kappa shape index (κ1) is 23.5. The zero-order valence-corrected chi connectivity index (χ0v) is 23.3. The summed E-state index contributed by atoms with van der Waals surface area (Å²) in [6.45, 7) is 4.70. The third kappa shape index (κ3) is 3.46. The highest BCUT2D eigenvalue weighted by Crippen LogP contribution is 2.51. The van der Waals surface area contributed by atoms with E-state index in [1.807, 2.05) is 18.0 Å². The number of hydrogen-bond acceptors (Lipinski definition) is 2. The molecule has 0 N–H and O–H groups in total. The Balaban J connectivity index is 1.36. The van der Waals surface area contributed by atoms with Crippen molar-refractivity contribution in [3.63, 3.8) is 0 Å². The minimum atomic E-state index is -0.0440. The molecule has 0 unspecified atom stereocenters. The summed E-state index contributed by atoms with van der Waals surface area (Å²) >= 11 is 1.85. The Morgan fingerprint density at radius 2 is 1.30 bits per heavy atom. The average molecular weight is 530 g/mol. The highest BCUT2D eigenvalue weighted by Gasteiger charge is 2.35. The van der Waals surface area contributed by atoms with Crippen LogP contribution in [0.3, 0.4) is 0 Å². The third-order valence-electron chi connectivity index (χ3n) is 8.59. The van der Waals surface area contributed by atoms with Crippen LogP contribution in [0.5, 0.6) is 0 Å². The summed E-state index contributed by atoms with van der Waals surface area (Å²) in [7, 11) is 0. The van der Waals surface area contributed by atoms with Crippen molar-refractivity contribution in [1.82, 2.24) is 4.98 Å². The highest BCUT2D eigenvalue weighted by molar-refractivity contribution is 7.99. The van der Waals surface area contributed by atoms with Gasteiger partial charge in [0.05, 0.1) is 0 Å². The van der Waals surface area contributed by atoms with Gasteiger partial charge in [-0.25, -0.2) is 0 Å². The predicted molar refractivity (Wildman–Crippen MR) is 170 cm³/mol. The van der Waals surface area contributed by atoms with Crippen molar-refractivity contribution in [2.24, 2.45) is 0 Å². The summed E-state index contributed by atoms with van der Waals surface area (Å²) in [5, 5.41) is 7.50. The van der Waals surface area contributed by atoms with Crippen LogP contribution in [0, 0.1) is 0 Å². The molecule has 6 aromatic carbocycles. The Hall–Kier alpha value is -4.40. The Labute approximate surface area is 238 Å². The molecule has 7 aromatic rings. The van der Waals surface area contributed by atoms with Gasteiger partial charge in [-0.15, -0.1) is 0 Å². The lowest BCUT2D eigenvalue weighted by molar-refractivity contribution is 0.660. The van der Waals surface area contributed by atoms with Gasteiger partial charge in [0.15, 0.2) is 0 Å². The van der Waals surface area contributed by atoms with Gasteiger partial charge < -0.3 is 0 Å². The summed E-state index contributed by atoms with van der Waals surface area (Å²) in [4.78, 5) is 7.14. The van der Waals surface area contributed by atoms with Crippen LogP contribution >= 0.6 is 11.8 Å². The van der Waals surface area contributed by atoms with Gasteiger partial charge >= 0.3 is 0 Å². The first-order valence-electron chi connectivity index (χ1n) is 13.8. The molecular formula is C38H27NS. The van der Waals surface area contributed by atoms with E-state index in [2.05, 4.69) is 140 Å². The second kappa shape index (κ2) is 8.81. The van der Waals surface area contributed by atoms with Crippen LogP contribution in [0.25, 0.3) is 54.6 Å². The average Bonchev–Trinajstić information content (AvgIpc) is 3.23. The fourth-order valence-corrected chi connectivity index (χ4v) is 7.74. The van der Waals surface area contributed by atoms with E-state index in [1.165, 1.54) is 75.5 Å². The lowest BCUT2D eigenvalue weighted by Crippen LogP contribution is -2.14. The molecule has 0 atom stereocenters. The number of hydrogen-bond donors (Lipinski definition) is 0. The molecular weight excluding hydrogens is 502 g/mol. The van der Waals surface area contributed by atoms with Crippen molar-refractivity contribution in [2.75, 3.05) is 0 Å². The molecule has 8 rings (SSSR count). The van der Waals surface area contributed by atoms with Crippen LogP contribution in [0.4, 0.5) is 0 Å². The molecule has 40 heavy (non-hydrogen) atoms. The van der Waals surface area contributed by atoms with Crippen LogP contribution in [-0.4, -0.2) is 4.98 Å². The summed E-state index contributed by atoms with van der Waals surface area (Å²) in [6, 6.07) is 42.3. The molecule has 0 bridgehead atoms. The molecule has 0 aliphatic heterocycles. The third-order valence-corrected chi connectivity index (χ3v) is 9.72. The van der Waals surface area contributed by atoms with E-state index in [0.717, 1.165) is 0 Å². The molecule has 1 aliphatic rings. The maximum Gasteiger partial charge on any atom is 0.0353 e. The van der Waals surface area contributed by atoms with Gasteiger partial charge in [0.1, 0.15) is 0 Å². The van der Waals surface area contributed by atoms with Crippen molar-refractivity contribution in [3.05, 3.63) is 139 Å². The Morgan fingerprint density at radius 3 is 2.20 bits per heavy atom. The minimum absolute atomic E-state index is 0.0440. The number of rotatable bonds is 3. The van der Waals surface area contributed by atoms with Gasteiger partial charge in [-0.1, -0.05) is 117 Å². The molecule has 1 aromatic heterocycles. The van der Waals surface area contributed by atoms with Gasteiger partial charge in [-0.2, -0.15) is 0 Å². The molecule has 0 spiro atoms. The van der Waals surface area contributed by atoms with Crippen molar-refractivity contribution in [2.45, 2.75) is 29.1 Å². The van der Waals surface area contributed by atoms with Crippen LogP contribution in [-0.2, 0) is 5.41 Å². The molecule has 0 radical (unpaired) electrons. The van der Waals surface area contributed by atoms with Gasteiger partial charge in [0.2, 0.25) is 0 Å². The topological polar surface area (TPSA) is 12.9 Å². The van der Waals surface area contributed by atoms with Gasteiger partial charge in [0.25, 0.3) is 0 Å². The fraction of sp³-hybridized carbons (Fsp3) is 0.0789. The lowest BCUT2D eigenvalue weighted by Gasteiger charge is -2.23. The Kier molecular flexibility index (Phi) is 5.17. The molecule has 0 saturated heterocycles. The smallest absolute Gasteiger partial charge is 0.0353 e. The minimum Gasteiger partial charge on any atom is -0.264 e. The predicted octanol–water partition coefficient (Wildman–Crippen LogP) is 10.7. The standard InChI is InChI=1S/C38H27NS/c1-38(2)34-14-8-7-11-28(34)29-18-16-26(22-35(29)38)36-30-12-5-6-13-31(30)37(32-19-20-39-23-33(32)36)40-27-17-15-24-9-3-4-10-25(24)21-27/h3-23H,1-2H3. The van der Waals surface area contributed by atoms with E-state index in [1.54, 1.807) is 0 Å². The Bertz CT molecular complexity index is 2060. The Morgan fingerprint density at radius 1 is 0.575 bits per heavy atom. The molecule has 1 nitrogen and oxygen atoms in total. The largest absolute Gasteiger partial charge is 0.264 e. The van der Waals surface area contributed by atoms with Crippen molar-refractivity contribution >= 4 is 44.1 Å². The van der Waals surface area contributed by atoms with Crippen molar-refractivity contribution in [1.29, 1.82) is 0 Å². The zero-order chi connectivity index (χ0) is 26.8. The molecule has 1 aliphatic carbocycles. The monoisotopic (exact) mass is 529 g/mol. The quantitative estimate of drug-likeness (QED) is 0.211. The van der Waals surface area contributed by atoms with E-state index < -0.39 is 0 Å². The highest BCUT2D eigenvalue weighted by atomic mass is 32.2. The summed E-state index contributed by atoms with van der Waals surface area (Å²) < 4.78 is 0. The van der Waals surface area contributed by atoms with E-state index in [0.29, 0.717) is 0 Å². The number of aromatic nitrogens is 1. The number of pyridine rings is 1. The second-order valence-corrected chi connectivity index (χ2v) is 12.3. The van der Waals surface area contributed by atoms with Crippen LogP contribution in [0.15, 0.2) is 137 Å². The maximum absolute atomic E-state index is 4.62. The van der Waals surface area contributed by atoms with Crippen LogP contribution in [0.1, 0.15) is 25.0 Å². The molecule has 0 saturated carbocycles. The summed E-state index contributed by atoms with van der Waals surface area (Å²) in [5.41, 5.74) is 7.96. The molecule has 1 heterocycles. The van der Waals surface area contributed by atoms with Gasteiger partial charge in [-0.05, 0) is 84.6 Å². The molecule has 190 valence electrons. The van der Waals surface area contributed by atoms with Crippen molar-refractivity contribution in [3.8, 4) is 22.3 Å². The second-order valence-electron chi connectivity index (χ2n) is 11.2. The van der Waals surface area contributed by atoms with Gasteiger partial charge in [-0.3, -0.25) is 4.98 Å². The SMILES string of the molecule is CC1(C)c2ccccc2-c2ccc(-c3c4ccccc4c(Sc4ccc5ccccc5c4)c4ccncc34)cc21.